The molecule has 17 heavy (non-hydrogen) atoms. The van der Waals surface area contributed by atoms with Gasteiger partial charge in [-0.1, -0.05) is 0 Å². The number of ether oxygens (including phenoxy) is 1. The van der Waals surface area contributed by atoms with E-state index in [0.29, 0.717) is 17.8 Å². The van der Waals surface area contributed by atoms with Crippen molar-refractivity contribution in [2.75, 3.05) is 32.6 Å². The summed E-state index contributed by atoms with van der Waals surface area (Å²) in [5.74, 6) is 2.35. The lowest BCUT2D eigenvalue weighted by Crippen LogP contribution is -2.22. The molecule has 92 valence electrons. The van der Waals surface area contributed by atoms with Crippen LogP contribution in [0.3, 0.4) is 0 Å². The van der Waals surface area contributed by atoms with Crippen molar-refractivity contribution in [2.45, 2.75) is 24.8 Å². The first-order chi connectivity index (χ1) is 8.28. The van der Waals surface area contributed by atoms with Crippen LogP contribution >= 0.6 is 0 Å². The highest BCUT2D eigenvalue weighted by molar-refractivity contribution is 5.55. The molecule has 1 N–H and O–H groups in total. The van der Waals surface area contributed by atoms with Gasteiger partial charge in [0.15, 0.2) is 0 Å². The lowest BCUT2D eigenvalue weighted by molar-refractivity contribution is 0.346. The molecule has 3 rings (SSSR count). The summed E-state index contributed by atoms with van der Waals surface area (Å²) in [4.78, 5) is 6.91. The maximum Gasteiger partial charge on any atom is 0.214 e. The molecular formula is C13H19N3O. The Kier molecular flexibility index (Phi) is 2.67. The predicted octanol–water partition coefficient (Wildman–Crippen LogP) is 1.69. The number of aromatic nitrogens is 1. The van der Waals surface area contributed by atoms with Crippen LogP contribution in [0.5, 0.6) is 5.88 Å². The van der Waals surface area contributed by atoms with E-state index in [2.05, 4.69) is 28.3 Å². The minimum Gasteiger partial charge on any atom is -0.481 e. The molecule has 2 atom stereocenters. The largest absolute Gasteiger partial charge is 0.481 e. The van der Waals surface area contributed by atoms with Gasteiger partial charge in [-0.2, -0.15) is 4.98 Å². The number of hydrogen-bond donors (Lipinski definition) is 1. The number of fused-ring (bicyclic) bond motifs is 3. The van der Waals surface area contributed by atoms with Gasteiger partial charge < -0.3 is 15.0 Å². The molecule has 0 amide bonds. The molecule has 1 fully saturated rings. The highest BCUT2D eigenvalue weighted by Gasteiger charge is 2.34. The number of anilines is 1. The van der Waals surface area contributed by atoms with Crippen molar-refractivity contribution in [3.05, 3.63) is 17.7 Å². The molecule has 0 spiro atoms. The summed E-state index contributed by atoms with van der Waals surface area (Å²) in [6, 6.07) is 4.69. The van der Waals surface area contributed by atoms with Crippen LogP contribution < -0.4 is 10.1 Å². The Morgan fingerprint density at radius 1 is 1.35 bits per heavy atom. The second kappa shape index (κ2) is 4.18. The van der Waals surface area contributed by atoms with Crippen LogP contribution in [-0.4, -0.2) is 43.2 Å². The number of methoxy groups -OCH3 is 1. The van der Waals surface area contributed by atoms with E-state index in [9.17, 15) is 0 Å². The van der Waals surface area contributed by atoms with Crippen molar-refractivity contribution < 1.29 is 4.74 Å². The molecule has 0 aromatic carbocycles. The van der Waals surface area contributed by atoms with E-state index in [4.69, 9.17) is 4.74 Å². The van der Waals surface area contributed by atoms with Gasteiger partial charge in [0, 0.05) is 18.0 Å². The summed E-state index contributed by atoms with van der Waals surface area (Å²) in [6.07, 6.45) is 2.41. The standard InChI is InChI=1S/C13H19N3O/c1-16-7-5-9-10-3-4-12(17-2)15-13(10)14-11(9)6-8-16/h3-4,9,11H,5-8H2,1-2H3,(H,14,15). The number of hydrogen-bond acceptors (Lipinski definition) is 4. The van der Waals surface area contributed by atoms with Gasteiger partial charge in [0.25, 0.3) is 0 Å². The zero-order valence-electron chi connectivity index (χ0n) is 10.4. The Labute approximate surface area is 102 Å². The zero-order chi connectivity index (χ0) is 11.8. The third-order valence-corrected chi connectivity index (χ3v) is 3.96. The summed E-state index contributed by atoms with van der Waals surface area (Å²) in [6.45, 7) is 2.34. The minimum atomic E-state index is 0.551. The van der Waals surface area contributed by atoms with Gasteiger partial charge in [-0.15, -0.1) is 0 Å². The van der Waals surface area contributed by atoms with E-state index in [0.717, 1.165) is 5.82 Å². The van der Waals surface area contributed by atoms with E-state index in [-0.39, 0.29) is 0 Å². The second-order valence-corrected chi connectivity index (χ2v) is 5.03. The Bertz CT molecular complexity index is 421. The van der Waals surface area contributed by atoms with Crippen molar-refractivity contribution in [2.24, 2.45) is 0 Å². The summed E-state index contributed by atoms with van der Waals surface area (Å²) in [5.41, 5.74) is 1.37. The maximum atomic E-state index is 5.18. The fourth-order valence-corrected chi connectivity index (χ4v) is 2.93. The first-order valence-electron chi connectivity index (χ1n) is 6.28. The first kappa shape index (κ1) is 10.8. The molecule has 4 nitrogen and oxygen atoms in total. The molecular weight excluding hydrogens is 214 g/mol. The number of nitrogens with one attached hydrogen (secondary N) is 1. The normalized spacial score (nSPS) is 27.9. The van der Waals surface area contributed by atoms with Gasteiger partial charge in [0.2, 0.25) is 5.88 Å². The third-order valence-electron chi connectivity index (χ3n) is 3.96. The number of pyridine rings is 1. The number of likely N-dealkylation sites (tertiary alicyclic amines) is 1. The highest BCUT2D eigenvalue weighted by atomic mass is 16.5. The molecule has 0 saturated carbocycles. The third kappa shape index (κ3) is 1.86. The van der Waals surface area contributed by atoms with Gasteiger partial charge in [-0.25, -0.2) is 0 Å². The fraction of sp³-hybridized carbons (Fsp3) is 0.615. The van der Waals surface area contributed by atoms with Gasteiger partial charge in [0.05, 0.1) is 7.11 Å². The van der Waals surface area contributed by atoms with Gasteiger partial charge >= 0.3 is 0 Å². The topological polar surface area (TPSA) is 37.4 Å². The SMILES string of the molecule is COc1ccc2c(n1)NC1CCN(C)CCC21. The fourth-order valence-electron chi connectivity index (χ4n) is 2.93. The van der Waals surface area contributed by atoms with Crippen molar-refractivity contribution in [3.63, 3.8) is 0 Å². The molecule has 1 aromatic heterocycles. The van der Waals surface area contributed by atoms with Crippen LogP contribution in [-0.2, 0) is 0 Å². The molecule has 4 heteroatoms. The van der Waals surface area contributed by atoms with E-state index >= 15 is 0 Å². The molecule has 0 aliphatic carbocycles. The second-order valence-electron chi connectivity index (χ2n) is 5.03. The van der Waals surface area contributed by atoms with Crippen molar-refractivity contribution in [3.8, 4) is 5.88 Å². The Hall–Kier alpha value is -1.29. The van der Waals surface area contributed by atoms with Crippen molar-refractivity contribution in [1.82, 2.24) is 9.88 Å². The molecule has 2 unspecified atom stereocenters. The number of rotatable bonds is 1. The van der Waals surface area contributed by atoms with Crippen molar-refractivity contribution >= 4 is 5.82 Å². The first-order valence-corrected chi connectivity index (χ1v) is 6.28. The van der Waals surface area contributed by atoms with Crippen LogP contribution in [0.2, 0.25) is 0 Å². The van der Waals surface area contributed by atoms with Crippen LogP contribution in [0.25, 0.3) is 0 Å². The maximum absolute atomic E-state index is 5.18. The molecule has 0 radical (unpaired) electrons. The summed E-state index contributed by atoms with van der Waals surface area (Å²) < 4.78 is 5.18. The summed E-state index contributed by atoms with van der Waals surface area (Å²) >= 11 is 0. The van der Waals surface area contributed by atoms with E-state index < -0.39 is 0 Å². The van der Waals surface area contributed by atoms with Gasteiger partial charge in [-0.3, -0.25) is 0 Å². The number of nitrogens with zero attached hydrogens (tertiary/aromatic N) is 2. The van der Waals surface area contributed by atoms with Crippen LogP contribution in [0.1, 0.15) is 24.3 Å². The highest BCUT2D eigenvalue weighted by Crippen LogP contribution is 2.40. The van der Waals surface area contributed by atoms with Gasteiger partial charge in [-0.05, 0) is 44.6 Å². The summed E-state index contributed by atoms with van der Waals surface area (Å²) in [7, 11) is 3.87. The summed E-state index contributed by atoms with van der Waals surface area (Å²) in [5, 5.41) is 3.55. The lowest BCUT2D eigenvalue weighted by atomic mass is 9.92. The molecule has 2 aliphatic rings. The van der Waals surface area contributed by atoms with Crippen molar-refractivity contribution in [1.29, 1.82) is 0 Å². The Morgan fingerprint density at radius 3 is 3.00 bits per heavy atom. The minimum absolute atomic E-state index is 0.551. The van der Waals surface area contributed by atoms with Crippen LogP contribution in [0.4, 0.5) is 5.82 Å². The van der Waals surface area contributed by atoms with E-state index in [1.165, 1.54) is 31.5 Å². The van der Waals surface area contributed by atoms with Crippen LogP contribution in [0.15, 0.2) is 12.1 Å². The molecule has 3 heterocycles. The van der Waals surface area contributed by atoms with E-state index in [1.807, 2.05) is 6.07 Å². The molecule has 1 saturated heterocycles. The smallest absolute Gasteiger partial charge is 0.214 e. The lowest BCUT2D eigenvalue weighted by Gasteiger charge is -2.15. The van der Waals surface area contributed by atoms with Gasteiger partial charge in [0.1, 0.15) is 5.82 Å². The van der Waals surface area contributed by atoms with E-state index in [1.54, 1.807) is 7.11 Å². The van der Waals surface area contributed by atoms with Crippen LogP contribution in [0, 0.1) is 0 Å². The molecule has 0 bridgehead atoms. The zero-order valence-corrected chi connectivity index (χ0v) is 10.4. The Balaban J connectivity index is 1.89. The quantitative estimate of drug-likeness (QED) is 0.801. The monoisotopic (exact) mass is 233 g/mol. The molecule has 1 aromatic rings. The average Bonchev–Trinajstić information content (AvgIpc) is 2.60. The average molecular weight is 233 g/mol. The Morgan fingerprint density at radius 2 is 2.18 bits per heavy atom. The predicted molar refractivity (Wildman–Crippen MR) is 67.7 cm³/mol. The molecule has 2 aliphatic heterocycles.